The number of hydrogen-bond acceptors (Lipinski definition) is 3. The van der Waals surface area contributed by atoms with Gasteiger partial charge in [-0.1, -0.05) is 19.9 Å². The van der Waals surface area contributed by atoms with Crippen molar-refractivity contribution in [1.29, 1.82) is 0 Å². The summed E-state index contributed by atoms with van der Waals surface area (Å²) in [5.41, 5.74) is 2.00. The molecular weight excluding hydrogens is 222 g/mol. The van der Waals surface area contributed by atoms with Crippen LogP contribution in [0.3, 0.4) is 0 Å². The maximum Gasteiger partial charge on any atom is 0.0502 e. The zero-order valence-corrected chi connectivity index (χ0v) is 11.9. The summed E-state index contributed by atoms with van der Waals surface area (Å²) in [6, 6.07) is 0. The van der Waals surface area contributed by atoms with Gasteiger partial charge in [-0.3, -0.25) is 5.01 Å². The van der Waals surface area contributed by atoms with E-state index in [0.29, 0.717) is 5.41 Å². The molecule has 0 radical (unpaired) electrons. The summed E-state index contributed by atoms with van der Waals surface area (Å²) in [6.07, 6.45) is 7.21. The van der Waals surface area contributed by atoms with Gasteiger partial charge < -0.3 is 4.90 Å². The summed E-state index contributed by atoms with van der Waals surface area (Å²) >= 11 is 0. The van der Waals surface area contributed by atoms with E-state index in [1.807, 2.05) is 0 Å². The second kappa shape index (κ2) is 4.37. The second-order valence-electron chi connectivity index (χ2n) is 6.75. The zero-order chi connectivity index (χ0) is 12.8. The van der Waals surface area contributed by atoms with Crippen LogP contribution >= 0.6 is 0 Å². The highest BCUT2D eigenvalue weighted by Crippen LogP contribution is 2.58. The summed E-state index contributed by atoms with van der Waals surface area (Å²) < 4.78 is 0. The molecular formula is C15H25N3. The van der Waals surface area contributed by atoms with Crippen LogP contribution in [0.25, 0.3) is 0 Å². The van der Waals surface area contributed by atoms with Crippen molar-refractivity contribution in [1.82, 2.24) is 9.91 Å². The Morgan fingerprint density at radius 1 is 1.28 bits per heavy atom. The highest BCUT2D eigenvalue weighted by Gasteiger charge is 2.50. The Morgan fingerprint density at radius 3 is 2.61 bits per heavy atom. The number of rotatable bonds is 2. The standard InChI is InChI=1S/C15H25N3/c1-15(2)13-5-4-12(14(15)10-13)11-16-18-8-6-17(3)7-9-18/h4,11,13-14H,5-10H2,1-3H3. The van der Waals surface area contributed by atoms with E-state index in [0.717, 1.165) is 38.0 Å². The minimum Gasteiger partial charge on any atom is -0.303 e. The molecule has 3 heteroatoms. The van der Waals surface area contributed by atoms with E-state index in [2.05, 4.69) is 43.1 Å². The molecule has 3 aliphatic carbocycles. The number of nitrogens with zero attached hydrogens (tertiary/aromatic N) is 3. The Balaban J connectivity index is 1.61. The predicted octanol–water partition coefficient (Wildman–Crippen LogP) is 2.21. The predicted molar refractivity (Wildman–Crippen MR) is 75.6 cm³/mol. The third-order valence-corrected chi connectivity index (χ3v) is 5.36. The Labute approximate surface area is 111 Å². The van der Waals surface area contributed by atoms with Gasteiger partial charge in [0.05, 0.1) is 6.21 Å². The van der Waals surface area contributed by atoms with Gasteiger partial charge in [0.25, 0.3) is 0 Å². The van der Waals surface area contributed by atoms with Crippen molar-refractivity contribution in [3.05, 3.63) is 11.6 Å². The van der Waals surface area contributed by atoms with Crippen LogP contribution in [0.4, 0.5) is 0 Å². The van der Waals surface area contributed by atoms with Gasteiger partial charge in [0, 0.05) is 26.2 Å². The van der Waals surface area contributed by atoms with Crippen LogP contribution < -0.4 is 0 Å². The van der Waals surface area contributed by atoms with Crippen molar-refractivity contribution in [3.63, 3.8) is 0 Å². The molecule has 1 saturated carbocycles. The van der Waals surface area contributed by atoms with Gasteiger partial charge in [-0.25, -0.2) is 0 Å². The number of allylic oxidation sites excluding steroid dienone is 2. The molecule has 1 heterocycles. The van der Waals surface area contributed by atoms with Crippen LogP contribution in [0.1, 0.15) is 26.7 Å². The number of piperazine rings is 1. The van der Waals surface area contributed by atoms with Crippen molar-refractivity contribution in [2.24, 2.45) is 22.4 Å². The van der Waals surface area contributed by atoms with E-state index >= 15 is 0 Å². The first-order valence-electron chi connectivity index (χ1n) is 7.25. The Bertz CT molecular complexity index is 375. The molecule has 0 aromatic rings. The van der Waals surface area contributed by atoms with Crippen molar-refractivity contribution in [2.75, 3.05) is 33.2 Å². The van der Waals surface area contributed by atoms with Gasteiger partial charge in [0.15, 0.2) is 0 Å². The van der Waals surface area contributed by atoms with Crippen LogP contribution in [0.5, 0.6) is 0 Å². The molecule has 4 rings (SSSR count). The normalized spacial score (nSPS) is 35.5. The third kappa shape index (κ3) is 1.99. The summed E-state index contributed by atoms with van der Waals surface area (Å²) in [7, 11) is 2.18. The summed E-state index contributed by atoms with van der Waals surface area (Å²) in [4.78, 5) is 2.37. The zero-order valence-electron chi connectivity index (χ0n) is 11.9. The molecule has 0 spiro atoms. The van der Waals surface area contributed by atoms with Crippen molar-refractivity contribution in [2.45, 2.75) is 26.7 Å². The second-order valence-corrected chi connectivity index (χ2v) is 6.75. The van der Waals surface area contributed by atoms with E-state index in [1.54, 1.807) is 0 Å². The molecule has 1 saturated heterocycles. The molecule has 4 aliphatic rings. The SMILES string of the molecule is CN1CCN(N=CC2=CCC3CC2C3(C)C)CC1. The van der Waals surface area contributed by atoms with Gasteiger partial charge in [-0.05, 0) is 42.7 Å². The van der Waals surface area contributed by atoms with E-state index in [1.165, 1.54) is 18.4 Å². The Morgan fingerprint density at radius 2 is 2.00 bits per heavy atom. The monoisotopic (exact) mass is 247 g/mol. The van der Waals surface area contributed by atoms with Gasteiger partial charge >= 0.3 is 0 Å². The summed E-state index contributed by atoms with van der Waals surface area (Å²) in [6.45, 7) is 9.24. The molecule has 18 heavy (non-hydrogen) atoms. The van der Waals surface area contributed by atoms with Crippen LogP contribution in [-0.2, 0) is 0 Å². The highest BCUT2D eigenvalue weighted by molar-refractivity contribution is 5.80. The minimum atomic E-state index is 0.512. The molecule has 0 aromatic heterocycles. The average Bonchev–Trinajstić information content (AvgIpc) is 2.38. The van der Waals surface area contributed by atoms with Crippen molar-refractivity contribution >= 4 is 6.21 Å². The first-order valence-corrected chi connectivity index (χ1v) is 7.25. The van der Waals surface area contributed by atoms with E-state index in [-0.39, 0.29) is 0 Å². The molecule has 0 aromatic carbocycles. The maximum absolute atomic E-state index is 4.70. The number of hydrogen-bond donors (Lipinski definition) is 0. The van der Waals surface area contributed by atoms with Gasteiger partial charge in [0.2, 0.25) is 0 Å². The van der Waals surface area contributed by atoms with Crippen LogP contribution in [0.2, 0.25) is 0 Å². The fourth-order valence-corrected chi connectivity index (χ4v) is 3.60. The lowest BCUT2D eigenvalue weighted by atomic mass is 9.49. The topological polar surface area (TPSA) is 18.8 Å². The fraction of sp³-hybridized carbons (Fsp3) is 0.800. The van der Waals surface area contributed by atoms with Gasteiger partial charge in [-0.15, -0.1) is 0 Å². The molecule has 0 N–H and O–H groups in total. The highest BCUT2D eigenvalue weighted by atomic mass is 15.5. The third-order valence-electron chi connectivity index (χ3n) is 5.36. The molecule has 0 amide bonds. The van der Waals surface area contributed by atoms with E-state index in [4.69, 9.17) is 5.10 Å². The van der Waals surface area contributed by atoms with Crippen molar-refractivity contribution < 1.29 is 0 Å². The molecule has 1 aliphatic heterocycles. The maximum atomic E-state index is 4.70. The first-order chi connectivity index (χ1) is 8.57. The van der Waals surface area contributed by atoms with Gasteiger partial charge in [0.1, 0.15) is 0 Å². The molecule has 2 fully saturated rings. The van der Waals surface area contributed by atoms with Crippen LogP contribution in [-0.4, -0.2) is 49.4 Å². The number of hydrazone groups is 1. The molecule has 100 valence electrons. The Kier molecular flexibility index (Phi) is 2.97. The molecule has 2 unspecified atom stereocenters. The quantitative estimate of drug-likeness (QED) is 0.697. The van der Waals surface area contributed by atoms with E-state index < -0.39 is 0 Å². The first kappa shape index (κ1) is 12.2. The lowest BCUT2D eigenvalue weighted by Crippen LogP contribution is -2.48. The number of fused-ring (bicyclic) bond motifs is 1. The summed E-state index contributed by atoms with van der Waals surface area (Å²) in [5, 5.41) is 6.92. The Hall–Kier alpha value is -0.830. The fourth-order valence-electron chi connectivity index (χ4n) is 3.60. The minimum absolute atomic E-state index is 0.512. The molecule has 2 bridgehead atoms. The van der Waals surface area contributed by atoms with Crippen LogP contribution in [0.15, 0.2) is 16.8 Å². The lowest BCUT2D eigenvalue weighted by Gasteiger charge is -2.55. The number of likely N-dealkylation sites (N-methyl/N-ethyl adjacent to an activating group) is 1. The van der Waals surface area contributed by atoms with Gasteiger partial charge in [-0.2, -0.15) is 5.10 Å². The average molecular weight is 247 g/mol. The molecule has 3 nitrogen and oxygen atoms in total. The van der Waals surface area contributed by atoms with Crippen molar-refractivity contribution in [3.8, 4) is 0 Å². The smallest absolute Gasteiger partial charge is 0.0502 e. The summed E-state index contributed by atoms with van der Waals surface area (Å²) in [5.74, 6) is 1.68. The molecule has 2 atom stereocenters. The van der Waals surface area contributed by atoms with E-state index in [9.17, 15) is 0 Å². The van der Waals surface area contributed by atoms with Crippen LogP contribution in [0, 0.1) is 17.3 Å². The lowest BCUT2D eigenvalue weighted by molar-refractivity contribution is -0.00139. The largest absolute Gasteiger partial charge is 0.303 e.